The van der Waals surface area contributed by atoms with E-state index >= 15 is 0 Å². The standard InChI is InChI=1S/C3H9N5O.Ce/c4-3(5)7-1-2(9)8-6;/h1,6H2,(H,8,9)(H4,4,5,7);. The molecular weight excluding hydrogens is 262 g/mol. The molecule has 1 amide bonds. The van der Waals surface area contributed by atoms with Gasteiger partial charge in [-0.3, -0.25) is 10.2 Å². The number of nitrogens with zero attached hydrogens (tertiary/aromatic N) is 1. The van der Waals surface area contributed by atoms with Gasteiger partial charge in [-0.15, -0.1) is 0 Å². The summed E-state index contributed by atoms with van der Waals surface area (Å²) in [7, 11) is 0. The Morgan fingerprint density at radius 3 is 2.30 bits per heavy atom. The second kappa shape index (κ2) is 7.19. The Morgan fingerprint density at radius 2 is 2.00 bits per heavy atom. The molecule has 0 aliphatic heterocycles. The maximum Gasteiger partial charge on any atom is 0.255 e. The van der Waals surface area contributed by atoms with Gasteiger partial charge in [-0.25, -0.2) is 10.8 Å². The molecule has 0 fully saturated rings. The maximum absolute atomic E-state index is 10.3. The number of amides is 1. The molecule has 0 aromatic carbocycles. The summed E-state index contributed by atoms with van der Waals surface area (Å²) >= 11 is 0. The molecule has 0 saturated heterocycles. The van der Waals surface area contributed by atoms with Crippen LogP contribution >= 0.6 is 0 Å². The van der Waals surface area contributed by atoms with E-state index < -0.39 is 5.91 Å². The van der Waals surface area contributed by atoms with Crippen LogP contribution in [0.25, 0.3) is 0 Å². The van der Waals surface area contributed by atoms with Crippen molar-refractivity contribution in [3.8, 4) is 0 Å². The Hall–Kier alpha value is 0.0766. The summed E-state index contributed by atoms with van der Waals surface area (Å²) in [6.45, 7) is -0.126. The smallest absolute Gasteiger partial charge is 0.255 e. The Kier molecular flexibility index (Phi) is 9.15. The molecule has 56 valence electrons. The number of nitrogens with one attached hydrogen (secondary N) is 1. The second-order valence-corrected chi connectivity index (χ2v) is 1.31. The van der Waals surface area contributed by atoms with Crippen LogP contribution in [-0.2, 0) is 4.79 Å². The van der Waals surface area contributed by atoms with Crippen LogP contribution in [0, 0.1) is 41.7 Å². The van der Waals surface area contributed by atoms with Gasteiger partial charge >= 0.3 is 0 Å². The van der Waals surface area contributed by atoms with Gasteiger partial charge in [-0.2, -0.15) is 0 Å². The van der Waals surface area contributed by atoms with Crippen LogP contribution < -0.4 is 22.7 Å². The van der Waals surface area contributed by atoms with Crippen molar-refractivity contribution in [1.29, 1.82) is 0 Å². The van der Waals surface area contributed by atoms with Gasteiger partial charge in [0.25, 0.3) is 5.91 Å². The topological polar surface area (TPSA) is 120 Å². The molecule has 0 atom stereocenters. The molecule has 0 heterocycles. The summed E-state index contributed by atoms with van der Waals surface area (Å²) in [5.74, 6) is 4.15. The van der Waals surface area contributed by atoms with E-state index in [-0.39, 0.29) is 54.3 Å². The normalized spacial score (nSPS) is 7.30. The van der Waals surface area contributed by atoms with Crippen molar-refractivity contribution in [3.05, 3.63) is 0 Å². The molecule has 0 rings (SSSR count). The number of hydrogen-bond donors (Lipinski definition) is 4. The Balaban J connectivity index is 0. The molecule has 0 unspecified atom stereocenters. The molecule has 0 aromatic rings. The van der Waals surface area contributed by atoms with Crippen LogP contribution in [0.2, 0.25) is 0 Å². The fraction of sp³-hybridized carbons (Fsp3) is 0.333. The minimum Gasteiger partial charge on any atom is -0.370 e. The first kappa shape index (κ1) is 12.7. The fourth-order valence-corrected chi connectivity index (χ4v) is 0.209. The zero-order valence-electron chi connectivity index (χ0n) is 5.29. The van der Waals surface area contributed by atoms with E-state index in [1.54, 1.807) is 0 Å². The first-order valence-corrected chi connectivity index (χ1v) is 2.21. The van der Waals surface area contributed by atoms with Gasteiger partial charge in [0.1, 0.15) is 6.54 Å². The van der Waals surface area contributed by atoms with E-state index in [0.717, 1.165) is 0 Å². The quantitative estimate of drug-likeness (QED) is 0.143. The number of aliphatic imine (C=N–C) groups is 1. The zero-order valence-corrected chi connectivity index (χ0v) is 8.43. The van der Waals surface area contributed by atoms with Crippen LogP contribution in [-0.4, -0.2) is 18.4 Å². The van der Waals surface area contributed by atoms with E-state index in [2.05, 4.69) is 4.99 Å². The van der Waals surface area contributed by atoms with Crippen LogP contribution in [0.3, 0.4) is 0 Å². The van der Waals surface area contributed by atoms with Gasteiger partial charge in [0, 0.05) is 41.7 Å². The summed E-state index contributed by atoms with van der Waals surface area (Å²) < 4.78 is 0. The predicted octanol–water partition coefficient (Wildman–Crippen LogP) is -2.75. The van der Waals surface area contributed by atoms with Gasteiger partial charge in [-0.05, 0) is 0 Å². The number of guanidine groups is 1. The molecule has 0 aliphatic carbocycles. The average Bonchev–Trinajstić information content (AvgIpc) is 1.83. The molecule has 0 saturated carbocycles. The number of carbonyl (C=O) groups is 1. The molecule has 7 N–H and O–H groups in total. The van der Waals surface area contributed by atoms with Gasteiger partial charge in [0.2, 0.25) is 0 Å². The van der Waals surface area contributed by atoms with Gasteiger partial charge in [0.15, 0.2) is 5.96 Å². The van der Waals surface area contributed by atoms with Crippen molar-refractivity contribution in [2.75, 3.05) is 6.54 Å². The molecule has 6 nitrogen and oxygen atoms in total. The van der Waals surface area contributed by atoms with Crippen molar-refractivity contribution in [2.24, 2.45) is 22.3 Å². The van der Waals surface area contributed by atoms with Crippen molar-refractivity contribution < 1.29 is 46.5 Å². The summed E-state index contributed by atoms with van der Waals surface area (Å²) in [4.78, 5) is 13.6. The van der Waals surface area contributed by atoms with E-state index in [9.17, 15) is 4.79 Å². The molecular formula is C3H9CeN5O. The Morgan fingerprint density at radius 1 is 1.50 bits per heavy atom. The predicted molar refractivity (Wildman–Crippen MR) is 33.0 cm³/mol. The molecule has 10 heavy (non-hydrogen) atoms. The summed E-state index contributed by atoms with van der Waals surface area (Å²) in [6.07, 6.45) is 0. The van der Waals surface area contributed by atoms with Crippen molar-refractivity contribution in [2.45, 2.75) is 0 Å². The average molecular weight is 271 g/mol. The van der Waals surface area contributed by atoms with Gasteiger partial charge in [-0.1, -0.05) is 0 Å². The van der Waals surface area contributed by atoms with Crippen LogP contribution in [0.5, 0.6) is 0 Å². The maximum atomic E-state index is 10.3. The third-order valence-corrected chi connectivity index (χ3v) is 0.566. The minimum absolute atomic E-state index is 0. The van der Waals surface area contributed by atoms with E-state index in [1.807, 2.05) is 5.43 Å². The number of hydrogen-bond acceptors (Lipinski definition) is 3. The number of hydrazine groups is 1. The van der Waals surface area contributed by atoms with Crippen LogP contribution in [0.1, 0.15) is 0 Å². The molecule has 0 bridgehead atoms. The van der Waals surface area contributed by atoms with Gasteiger partial charge in [0.05, 0.1) is 0 Å². The van der Waals surface area contributed by atoms with E-state index in [4.69, 9.17) is 17.3 Å². The van der Waals surface area contributed by atoms with Gasteiger partial charge < -0.3 is 11.5 Å². The Labute approximate surface area is 91.9 Å². The summed E-state index contributed by atoms with van der Waals surface area (Å²) in [6, 6.07) is 0. The second-order valence-electron chi connectivity index (χ2n) is 1.31. The van der Waals surface area contributed by atoms with Crippen molar-refractivity contribution in [1.82, 2.24) is 5.43 Å². The van der Waals surface area contributed by atoms with E-state index in [1.165, 1.54) is 0 Å². The zero-order chi connectivity index (χ0) is 7.28. The Bertz CT molecular complexity index is 131. The van der Waals surface area contributed by atoms with Crippen LogP contribution in [0.15, 0.2) is 4.99 Å². The van der Waals surface area contributed by atoms with Crippen LogP contribution in [0.4, 0.5) is 0 Å². The molecule has 7 heteroatoms. The first-order chi connectivity index (χ1) is 4.16. The molecule has 0 radical (unpaired) electrons. The third kappa shape index (κ3) is 8.08. The molecule has 0 aliphatic rings. The number of nitrogens with two attached hydrogens (primary N) is 3. The SMILES string of the molecule is NNC(=O)CN=C(N)N.[Ce]. The first-order valence-electron chi connectivity index (χ1n) is 2.21. The summed E-state index contributed by atoms with van der Waals surface area (Å²) in [5, 5.41) is 0. The molecule has 0 spiro atoms. The molecule has 0 aromatic heterocycles. The number of carbonyl (C=O) groups excluding carboxylic acids is 1. The third-order valence-electron chi connectivity index (χ3n) is 0.566. The van der Waals surface area contributed by atoms with Crippen molar-refractivity contribution in [3.63, 3.8) is 0 Å². The monoisotopic (exact) mass is 271 g/mol. The van der Waals surface area contributed by atoms with E-state index in [0.29, 0.717) is 0 Å². The van der Waals surface area contributed by atoms with Crippen molar-refractivity contribution >= 4 is 11.9 Å². The summed E-state index contributed by atoms with van der Waals surface area (Å²) in [5.41, 5.74) is 11.7. The largest absolute Gasteiger partial charge is 0.370 e. The number of rotatable bonds is 2. The minimum atomic E-state index is -0.427. The fourth-order valence-electron chi connectivity index (χ4n) is 0.209.